The number of anilines is 1. The number of urea groups is 1. The predicted molar refractivity (Wildman–Crippen MR) is 148 cm³/mol. The van der Waals surface area contributed by atoms with Crippen LogP contribution >= 0.6 is 11.3 Å². The topological polar surface area (TPSA) is 124 Å². The van der Waals surface area contributed by atoms with Gasteiger partial charge in [0.05, 0.1) is 5.56 Å². The summed E-state index contributed by atoms with van der Waals surface area (Å²) in [7, 11) is 1.53. The van der Waals surface area contributed by atoms with Gasteiger partial charge in [-0.15, -0.1) is 0 Å². The van der Waals surface area contributed by atoms with Crippen molar-refractivity contribution in [3.8, 4) is 0 Å². The number of thiophene rings is 1. The highest BCUT2D eigenvalue weighted by molar-refractivity contribution is 7.23. The third-order valence-electron chi connectivity index (χ3n) is 8.15. The molecule has 0 radical (unpaired) electrons. The minimum absolute atomic E-state index is 0.126. The van der Waals surface area contributed by atoms with Gasteiger partial charge in [-0.3, -0.25) is 19.8 Å². The summed E-state index contributed by atoms with van der Waals surface area (Å²) in [6.07, 6.45) is 2.24. The van der Waals surface area contributed by atoms with Crippen molar-refractivity contribution in [2.24, 2.45) is 0 Å². The highest BCUT2D eigenvalue weighted by atomic mass is 32.1. The van der Waals surface area contributed by atoms with Gasteiger partial charge in [0, 0.05) is 49.8 Å². The Balaban J connectivity index is 1.31. The Bertz CT molecular complexity index is 1330. The number of aromatic nitrogens is 1. The van der Waals surface area contributed by atoms with Crippen LogP contribution in [0.1, 0.15) is 61.1 Å². The number of likely N-dealkylation sites (tertiary alicyclic amines) is 2. The van der Waals surface area contributed by atoms with Gasteiger partial charge in [0.25, 0.3) is 11.8 Å². The van der Waals surface area contributed by atoms with E-state index in [4.69, 9.17) is 4.74 Å². The van der Waals surface area contributed by atoms with Gasteiger partial charge in [-0.25, -0.2) is 19.5 Å². The summed E-state index contributed by atoms with van der Waals surface area (Å²) >= 11 is 1.30. The second-order valence-corrected chi connectivity index (χ2v) is 12.0. The van der Waals surface area contributed by atoms with Gasteiger partial charge in [-0.05, 0) is 71.6 Å². The lowest BCUT2D eigenvalue weighted by Crippen LogP contribution is -2.58. The fraction of sp³-hybridized carbons (Fsp3) is 0.593. The van der Waals surface area contributed by atoms with E-state index in [0.717, 1.165) is 42.5 Å². The first-order chi connectivity index (χ1) is 18.5. The molecule has 11 nitrogen and oxygen atoms in total. The fourth-order valence-corrected chi connectivity index (χ4v) is 6.99. The van der Waals surface area contributed by atoms with Crippen LogP contribution in [0.3, 0.4) is 0 Å². The van der Waals surface area contributed by atoms with E-state index in [1.807, 2.05) is 38.7 Å². The number of carbonyl (C=O) groups excluding carboxylic acids is 4. The Morgan fingerprint density at radius 1 is 1.18 bits per heavy atom. The van der Waals surface area contributed by atoms with Gasteiger partial charge in [0.1, 0.15) is 9.83 Å². The lowest BCUT2D eigenvalue weighted by molar-refractivity contribution is -0.143. The third kappa shape index (κ3) is 4.84. The zero-order valence-corrected chi connectivity index (χ0v) is 23.9. The predicted octanol–water partition coefficient (Wildman–Crippen LogP) is 3.49. The number of aryl methyl sites for hydroxylation is 2. The smallest absolute Gasteiger partial charge is 0.418 e. The van der Waals surface area contributed by atoms with Crippen LogP contribution < -0.4 is 10.6 Å². The summed E-state index contributed by atoms with van der Waals surface area (Å²) in [5.74, 6) is -0.363. The Labute approximate surface area is 231 Å². The molecule has 3 aliphatic heterocycles. The van der Waals surface area contributed by atoms with E-state index in [-0.39, 0.29) is 29.9 Å². The number of hydrogen-bond acceptors (Lipinski definition) is 8. The number of piperidine rings is 2. The Hall–Kier alpha value is -3.25. The molecule has 210 valence electrons. The van der Waals surface area contributed by atoms with Crippen LogP contribution in [0.2, 0.25) is 0 Å². The molecule has 2 aromatic heterocycles. The summed E-state index contributed by atoms with van der Waals surface area (Å²) in [6, 6.07) is 1.52. The normalized spacial score (nSPS) is 22.7. The molecule has 0 aromatic carbocycles. The number of rotatable bonds is 4. The number of carbonyl (C=O) groups is 4. The minimum atomic E-state index is -1.11. The van der Waals surface area contributed by atoms with Crippen molar-refractivity contribution >= 4 is 50.5 Å². The van der Waals surface area contributed by atoms with E-state index >= 15 is 0 Å². The quantitative estimate of drug-likeness (QED) is 0.591. The highest BCUT2D eigenvalue weighted by Gasteiger charge is 2.56. The molecule has 3 fully saturated rings. The number of nitrogens with zero attached hydrogens (tertiary/aromatic N) is 4. The zero-order valence-electron chi connectivity index (χ0n) is 23.1. The molecule has 5 heterocycles. The van der Waals surface area contributed by atoms with Crippen molar-refractivity contribution in [1.82, 2.24) is 25.0 Å². The molecule has 5 rings (SSSR count). The van der Waals surface area contributed by atoms with Gasteiger partial charge in [0.15, 0.2) is 0 Å². The summed E-state index contributed by atoms with van der Waals surface area (Å²) in [6.45, 7) is 9.83. The summed E-state index contributed by atoms with van der Waals surface area (Å²) in [5, 5.41) is 6.60. The fourth-order valence-electron chi connectivity index (χ4n) is 5.90. The molecule has 0 aliphatic carbocycles. The molecule has 1 atom stereocenters. The van der Waals surface area contributed by atoms with Gasteiger partial charge in [-0.1, -0.05) is 11.3 Å². The second-order valence-electron chi connectivity index (χ2n) is 11.0. The monoisotopic (exact) mass is 556 g/mol. The zero-order chi connectivity index (χ0) is 28.1. The van der Waals surface area contributed by atoms with E-state index in [1.165, 1.54) is 23.3 Å². The SMILES string of the molecule is CNC(=O)Nc1sc2nc(C)c(C)cc2c1C(=O)N1CCC(N2CCCC3(C2)OC(=O)N(C(C)C)C3=O)CC1. The van der Waals surface area contributed by atoms with Crippen LogP contribution in [0.4, 0.5) is 14.6 Å². The molecular weight excluding hydrogens is 520 g/mol. The lowest BCUT2D eigenvalue weighted by atomic mass is 9.89. The number of hydrogen-bond donors (Lipinski definition) is 2. The number of amides is 5. The van der Waals surface area contributed by atoms with Crippen LogP contribution in [0.25, 0.3) is 10.2 Å². The Morgan fingerprint density at radius 3 is 2.54 bits per heavy atom. The van der Waals surface area contributed by atoms with Crippen LogP contribution in [-0.4, -0.2) is 94.5 Å². The highest BCUT2D eigenvalue weighted by Crippen LogP contribution is 2.38. The molecule has 1 unspecified atom stereocenters. The molecule has 5 amide bonds. The van der Waals surface area contributed by atoms with Gasteiger partial charge >= 0.3 is 12.1 Å². The minimum Gasteiger partial charge on any atom is -0.431 e. The molecule has 3 saturated heterocycles. The largest absolute Gasteiger partial charge is 0.431 e. The van der Waals surface area contributed by atoms with Crippen molar-refractivity contribution in [2.75, 3.05) is 38.5 Å². The maximum absolute atomic E-state index is 13.8. The van der Waals surface area contributed by atoms with Crippen LogP contribution in [0.5, 0.6) is 0 Å². The van der Waals surface area contributed by atoms with Gasteiger partial charge < -0.3 is 15.0 Å². The van der Waals surface area contributed by atoms with Gasteiger partial charge in [0.2, 0.25) is 5.60 Å². The van der Waals surface area contributed by atoms with Crippen LogP contribution in [0, 0.1) is 13.8 Å². The van der Waals surface area contributed by atoms with E-state index in [0.29, 0.717) is 41.5 Å². The molecule has 39 heavy (non-hydrogen) atoms. The number of nitrogens with one attached hydrogen (secondary N) is 2. The van der Waals surface area contributed by atoms with E-state index < -0.39 is 11.7 Å². The lowest BCUT2D eigenvalue weighted by Gasteiger charge is -2.44. The molecule has 3 aliphatic rings. The second kappa shape index (κ2) is 10.4. The van der Waals surface area contributed by atoms with Crippen molar-refractivity contribution in [2.45, 2.75) is 71.1 Å². The molecule has 2 N–H and O–H groups in total. The summed E-state index contributed by atoms with van der Waals surface area (Å²) in [4.78, 5) is 62.3. The summed E-state index contributed by atoms with van der Waals surface area (Å²) in [5.41, 5.74) is 1.24. The summed E-state index contributed by atoms with van der Waals surface area (Å²) < 4.78 is 5.71. The molecule has 0 bridgehead atoms. The standard InChI is InChI=1S/C27H36N6O5S/c1-15(2)33-24(35)27(38-26(33)37)9-6-10-32(14-27)18-7-11-31(12-8-18)23(34)20-19-13-16(3)17(4)29-21(19)39-22(20)30-25(36)28-5/h13,15,18H,6-12,14H2,1-5H3,(H2,28,30,36). The van der Waals surface area contributed by atoms with E-state index in [9.17, 15) is 19.2 Å². The van der Waals surface area contributed by atoms with E-state index in [2.05, 4.69) is 20.5 Å². The first-order valence-electron chi connectivity index (χ1n) is 13.5. The Morgan fingerprint density at radius 2 is 1.90 bits per heavy atom. The maximum Gasteiger partial charge on any atom is 0.418 e. The van der Waals surface area contributed by atoms with Crippen molar-refractivity contribution < 1.29 is 23.9 Å². The third-order valence-corrected chi connectivity index (χ3v) is 9.17. The number of fused-ring (bicyclic) bond motifs is 1. The van der Waals surface area contributed by atoms with Crippen molar-refractivity contribution in [3.63, 3.8) is 0 Å². The average Bonchev–Trinajstić information content (AvgIpc) is 3.36. The average molecular weight is 557 g/mol. The number of ether oxygens (including phenoxy) is 1. The van der Waals surface area contributed by atoms with E-state index in [1.54, 1.807) is 0 Å². The number of imide groups is 1. The first kappa shape index (κ1) is 27.3. The molecule has 0 saturated carbocycles. The maximum atomic E-state index is 13.8. The molecule has 2 aromatic rings. The van der Waals surface area contributed by atoms with Crippen molar-refractivity contribution in [1.29, 1.82) is 0 Å². The van der Waals surface area contributed by atoms with Gasteiger partial charge in [-0.2, -0.15) is 0 Å². The van der Waals surface area contributed by atoms with Crippen molar-refractivity contribution in [3.05, 3.63) is 22.9 Å². The van der Waals surface area contributed by atoms with Crippen LogP contribution in [-0.2, 0) is 9.53 Å². The van der Waals surface area contributed by atoms with Crippen LogP contribution in [0.15, 0.2) is 6.07 Å². The molecule has 12 heteroatoms. The molecular formula is C27H36N6O5S. The first-order valence-corrected chi connectivity index (χ1v) is 14.4. The number of pyridine rings is 1. The molecule has 1 spiro atoms. The Kier molecular flexibility index (Phi) is 7.27.